The van der Waals surface area contributed by atoms with E-state index in [1.807, 2.05) is 19.1 Å². The van der Waals surface area contributed by atoms with Crippen molar-refractivity contribution >= 4 is 46.8 Å². The third-order valence-electron chi connectivity index (χ3n) is 7.42. The molecule has 1 heterocycles. The second-order valence-electron chi connectivity index (χ2n) is 10.1. The lowest BCUT2D eigenvalue weighted by Gasteiger charge is -2.30. The molecule has 1 saturated heterocycles. The standard InChI is InChI=1S/C31H24ClN3O8/c1-18-5-4-7-24-27(18)30(39)34(29(24)38)33(28(37)23-6-2-3-8-25(23)32)17-26(36)19-11-15-22(16-12-19)43-31(40)20-9-13-21(14-10-20)35(41)42/h2-6,8-16,18,24,27H,7,17H2,1H3/t18-,24+,27+/m1/s1. The zero-order valence-corrected chi connectivity index (χ0v) is 23.5. The Bertz CT molecular complexity index is 1670. The van der Waals surface area contributed by atoms with Crippen molar-refractivity contribution in [1.82, 2.24) is 10.0 Å². The number of esters is 1. The molecular formula is C31H24ClN3O8. The first-order valence-corrected chi connectivity index (χ1v) is 13.6. The first-order chi connectivity index (χ1) is 20.6. The minimum Gasteiger partial charge on any atom is -0.423 e. The minimum atomic E-state index is -0.784. The number of imide groups is 1. The van der Waals surface area contributed by atoms with Crippen molar-refractivity contribution in [1.29, 1.82) is 0 Å². The third-order valence-corrected chi connectivity index (χ3v) is 7.75. The number of amides is 3. The van der Waals surface area contributed by atoms with Gasteiger partial charge in [-0.05, 0) is 60.9 Å². The summed E-state index contributed by atoms with van der Waals surface area (Å²) >= 11 is 6.26. The molecule has 1 fully saturated rings. The average Bonchev–Trinajstić information content (AvgIpc) is 3.26. The molecule has 0 aromatic heterocycles. The molecular weight excluding hydrogens is 578 g/mol. The lowest BCUT2D eigenvalue weighted by molar-refractivity contribution is -0.384. The van der Waals surface area contributed by atoms with Gasteiger partial charge in [0, 0.05) is 17.7 Å². The van der Waals surface area contributed by atoms with Crippen LogP contribution < -0.4 is 4.74 Å². The number of allylic oxidation sites excluding steroid dienone is 2. The van der Waals surface area contributed by atoms with Crippen molar-refractivity contribution in [2.45, 2.75) is 13.3 Å². The number of nitro benzene ring substituents is 1. The van der Waals surface area contributed by atoms with Gasteiger partial charge in [-0.3, -0.25) is 29.3 Å². The summed E-state index contributed by atoms with van der Waals surface area (Å²) in [6.45, 7) is 1.19. The molecule has 2 aliphatic rings. The van der Waals surface area contributed by atoms with E-state index in [1.165, 1.54) is 60.7 Å². The predicted octanol–water partition coefficient (Wildman–Crippen LogP) is 4.90. The maximum Gasteiger partial charge on any atom is 0.343 e. The molecule has 3 aromatic rings. The number of fused-ring (bicyclic) bond motifs is 1. The number of Topliss-reactive ketones (excluding diaryl/α,β-unsaturated/α-hetero) is 1. The van der Waals surface area contributed by atoms with Gasteiger partial charge in [-0.1, -0.05) is 42.8 Å². The number of benzene rings is 3. The van der Waals surface area contributed by atoms with Crippen LogP contribution in [-0.4, -0.2) is 51.0 Å². The lowest BCUT2D eigenvalue weighted by atomic mass is 9.78. The second kappa shape index (κ2) is 12.0. The Morgan fingerprint density at radius 3 is 2.26 bits per heavy atom. The van der Waals surface area contributed by atoms with Gasteiger partial charge in [-0.15, -0.1) is 0 Å². The molecule has 0 bridgehead atoms. The molecule has 0 N–H and O–H groups in total. The van der Waals surface area contributed by atoms with Crippen LogP contribution in [0.2, 0.25) is 5.02 Å². The van der Waals surface area contributed by atoms with E-state index >= 15 is 0 Å². The van der Waals surface area contributed by atoms with Gasteiger partial charge in [-0.2, -0.15) is 5.01 Å². The number of nitro groups is 1. The number of carbonyl (C=O) groups excluding carboxylic acids is 5. The van der Waals surface area contributed by atoms with Gasteiger partial charge in [-0.25, -0.2) is 9.80 Å². The van der Waals surface area contributed by atoms with Crippen molar-refractivity contribution in [2.75, 3.05) is 6.54 Å². The molecule has 3 atom stereocenters. The summed E-state index contributed by atoms with van der Waals surface area (Å²) in [5, 5.41) is 12.5. The molecule has 11 nitrogen and oxygen atoms in total. The van der Waals surface area contributed by atoms with Gasteiger partial charge in [0.1, 0.15) is 12.3 Å². The van der Waals surface area contributed by atoms with Gasteiger partial charge in [0.2, 0.25) is 0 Å². The van der Waals surface area contributed by atoms with Crippen LogP contribution in [0.4, 0.5) is 5.69 Å². The molecule has 0 saturated carbocycles. The Hall–Kier alpha value is -5.16. The maximum absolute atomic E-state index is 13.7. The molecule has 1 aliphatic carbocycles. The van der Waals surface area contributed by atoms with Gasteiger partial charge >= 0.3 is 5.97 Å². The second-order valence-corrected chi connectivity index (χ2v) is 10.5. The van der Waals surface area contributed by atoms with Crippen LogP contribution in [0, 0.1) is 27.9 Å². The highest BCUT2D eigenvalue weighted by Crippen LogP contribution is 2.39. The Labute approximate surface area is 250 Å². The fourth-order valence-corrected chi connectivity index (χ4v) is 5.41. The summed E-state index contributed by atoms with van der Waals surface area (Å²) < 4.78 is 5.30. The van der Waals surface area contributed by atoms with Crippen LogP contribution in [0.15, 0.2) is 84.9 Å². The lowest BCUT2D eigenvalue weighted by Crippen LogP contribution is -2.52. The number of halogens is 1. The van der Waals surface area contributed by atoms with E-state index in [-0.39, 0.29) is 39.1 Å². The van der Waals surface area contributed by atoms with Crippen LogP contribution in [0.25, 0.3) is 0 Å². The molecule has 5 rings (SSSR count). The monoisotopic (exact) mass is 601 g/mol. The minimum absolute atomic E-state index is 0.0205. The zero-order valence-electron chi connectivity index (χ0n) is 22.7. The van der Waals surface area contributed by atoms with Crippen LogP contribution in [0.1, 0.15) is 44.4 Å². The highest BCUT2D eigenvalue weighted by Gasteiger charge is 2.53. The van der Waals surface area contributed by atoms with Gasteiger partial charge < -0.3 is 4.74 Å². The summed E-state index contributed by atoms with van der Waals surface area (Å²) in [7, 11) is 0. The number of rotatable bonds is 8. The summed E-state index contributed by atoms with van der Waals surface area (Å²) in [5.74, 6) is -4.69. The van der Waals surface area contributed by atoms with Crippen molar-refractivity contribution in [3.05, 3.63) is 117 Å². The zero-order chi connectivity index (χ0) is 30.8. The van der Waals surface area contributed by atoms with Gasteiger partial charge in [0.05, 0.1) is 32.9 Å². The maximum atomic E-state index is 13.7. The molecule has 1 aliphatic heterocycles. The number of ketones is 1. The number of hydrogen-bond donors (Lipinski definition) is 0. The average molecular weight is 602 g/mol. The Kier molecular flexibility index (Phi) is 8.18. The molecule has 12 heteroatoms. The number of non-ortho nitro benzene ring substituents is 1. The number of hydrogen-bond acceptors (Lipinski definition) is 8. The first-order valence-electron chi connectivity index (χ1n) is 13.3. The topological polar surface area (TPSA) is 144 Å². The molecule has 218 valence electrons. The highest BCUT2D eigenvalue weighted by molar-refractivity contribution is 6.34. The van der Waals surface area contributed by atoms with E-state index in [0.717, 1.165) is 10.0 Å². The quantitative estimate of drug-likeness (QED) is 0.0674. The summed E-state index contributed by atoms with van der Waals surface area (Å²) in [4.78, 5) is 76.8. The van der Waals surface area contributed by atoms with Crippen LogP contribution in [0.5, 0.6) is 5.75 Å². The number of carbonyl (C=O) groups is 5. The van der Waals surface area contributed by atoms with E-state index < -0.39 is 52.8 Å². The van der Waals surface area contributed by atoms with Crippen molar-refractivity contribution in [3.63, 3.8) is 0 Å². The van der Waals surface area contributed by atoms with Crippen LogP contribution in [-0.2, 0) is 9.59 Å². The summed E-state index contributed by atoms with van der Waals surface area (Å²) in [5.41, 5.74) is 0.0546. The molecule has 0 spiro atoms. The number of hydrazine groups is 1. The van der Waals surface area contributed by atoms with E-state index in [9.17, 15) is 34.1 Å². The predicted molar refractivity (Wildman–Crippen MR) is 153 cm³/mol. The van der Waals surface area contributed by atoms with Crippen molar-refractivity contribution in [2.24, 2.45) is 17.8 Å². The molecule has 3 aromatic carbocycles. The number of ether oxygens (including phenoxy) is 1. The van der Waals surface area contributed by atoms with Crippen molar-refractivity contribution < 1.29 is 33.6 Å². The normalized spacial score (nSPS) is 19.1. The number of nitrogens with zero attached hydrogens (tertiary/aromatic N) is 3. The van der Waals surface area contributed by atoms with E-state index in [1.54, 1.807) is 12.1 Å². The summed E-state index contributed by atoms with van der Waals surface area (Å²) in [6.07, 6.45) is 4.04. The fraction of sp³-hybridized carbons (Fsp3) is 0.194. The smallest absolute Gasteiger partial charge is 0.343 e. The van der Waals surface area contributed by atoms with Gasteiger partial charge in [0.15, 0.2) is 5.78 Å². The Morgan fingerprint density at radius 2 is 1.63 bits per heavy atom. The summed E-state index contributed by atoms with van der Waals surface area (Å²) in [6, 6.07) is 16.5. The molecule has 0 radical (unpaired) electrons. The SMILES string of the molecule is C[C@@H]1C=CC[C@@H]2C(=O)N(N(CC(=O)c3ccc(OC(=O)c4ccc([N+](=O)[O-])cc4)cc3)C(=O)c3ccccc3Cl)C(=O)[C@@H]12. The van der Waals surface area contributed by atoms with Gasteiger partial charge in [0.25, 0.3) is 23.4 Å². The Balaban J connectivity index is 1.36. The third kappa shape index (κ3) is 5.80. The first kappa shape index (κ1) is 29.3. The highest BCUT2D eigenvalue weighted by atomic mass is 35.5. The largest absolute Gasteiger partial charge is 0.423 e. The van der Waals surface area contributed by atoms with E-state index in [0.29, 0.717) is 6.42 Å². The van der Waals surface area contributed by atoms with Crippen molar-refractivity contribution in [3.8, 4) is 5.75 Å². The molecule has 3 amide bonds. The molecule has 43 heavy (non-hydrogen) atoms. The van der Waals surface area contributed by atoms with Crippen LogP contribution in [0.3, 0.4) is 0 Å². The Morgan fingerprint density at radius 1 is 0.977 bits per heavy atom. The van der Waals surface area contributed by atoms with E-state index in [4.69, 9.17) is 16.3 Å². The van der Waals surface area contributed by atoms with E-state index in [2.05, 4.69) is 0 Å². The van der Waals surface area contributed by atoms with Crippen LogP contribution >= 0.6 is 11.6 Å². The molecule has 0 unspecified atom stereocenters. The fourth-order valence-electron chi connectivity index (χ4n) is 5.20.